The number of carbonyl (C=O) groups excluding carboxylic acids is 1. The van der Waals surface area contributed by atoms with E-state index in [0.29, 0.717) is 62.1 Å². The number of hydrogen-bond acceptors (Lipinski definition) is 8. The first kappa shape index (κ1) is 30.6. The molecule has 47 heavy (non-hydrogen) atoms. The lowest BCUT2D eigenvalue weighted by Gasteiger charge is -2.27. The van der Waals surface area contributed by atoms with Gasteiger partial charge in [0.25, 0.3) is 11.5 Å². The molecule has 2 aliphatic rings. The van der Waals surface area contributed by atoms with E-state index in [1.54, 1.807) is 37.1 Å². The molecule has 7 rings (SSSR count). The molecule has 0 saturated carbocycles. The summed E-state index contributed by atoms with van der Waals surface area (Å²) in [5.74, 6) is 0.393. The standard InChI is InChI=1S/C36H32FN5O4S/c1-41-35(44)27(22-40-36(41)39-21-23-5-3-2-4-6-23)26-11-12-30(28(37)19-26)46-31-13-14-38-29-20-32(47-33(29)31)24-7-9-25(10-8-24)34(43)42-15-17-45-18-16-42/h2-14,19,22,32H,15-18,20-21H2,1H3,(H,39,40). The van der Waals surface area contributed by atoms with Crippen LogP contribution in [0.1, 0.15) is 32.4 Å². The van der Waals surface area contributed by atoms with E-state index in [9.17, 15) is 9.59 Å². The Hall–Kier alpha value is -5.00. The second-order valence-electron chi connectivity index (χ2n) is 11.4. The molecule has 238 valence electrons. The van der Waals surface area contributed by atoms with E-state index < -0.39 is 5.82 Å². The summed E-state index contributed by atoms with van der Waals surface area (Å²) in [5, 5.41) is 3.26. The number of fused-ring (bicyclic) bond motifs is 1. The molecule has 1 atom stereocenters. The van der Waals surface area contributed by atoms with Crippen molar-refractivity contribution in [3.8, 4) is 22.6 Å². The summed E-state index contributed by atoms with van der Waals surface area (Å²) in [5.41, 5.74) is 4.05. The van der Waals surface area contributed by atoms with E-state index in [1.807, 2.05) is 59.5 Å². The van der Waals surface area contributed by atoms with Crippen LogP contribution in [0.2, 0.25) is 0 Å². The number of hydrogen-bond donors (Lipinski definition) is 1. The largest absolute Gasteiger partial charge is 0.453 e. The van der Waals surface area contributed by atoms with Crippen molar-refractivity contribution in [2.75, 3.05) is 31.6 Å². The third-order valence-electron chi connectivity index (χ3n) is 8.33. The molecule has 9 nitrogen and oxygen atoms in total. The molecule has 0 spiro atoms. The van der Waals surface area contributed by atoms with E-state index >= 15 is 4.39 Å². The summed E-state index contributed by atoms with van der Waals surface area (Å²) in [7, 11) is 1.63. The Morgan fingerprint density at radius 3 is 2.57 bits per heavy atom. The first-order valence-electron chi connectivity index (χ1n) is 15.4. The molecule has 1 unspecified atom stereocenters. The van der Waals surface area contributed by atoms with Gasteiger partial charge in [-0.15, -0.1) is 11.8 Å². The summed E-state index contributed by atoms with van der Waals surface area (Å²) >= 11 is 1.61. The molecular formula is C36H32FN5O4S. The van der Waals surface area contributed by atoms with E-state index in [1.165, 1.54) is 22.9 Å². The topological polar surface area (TPSA) is 98.6 Å². The molecule has 5 aromatic rings. The summed E-state index contributed by atoms with van der Waals surface area (Å²) < 4.78 is 28.3. The third kappa shape index (κ3) is 6.49. The van der Waals surface area contributed by atoms with E-state index in [-0.39, 0.29) is 28.0 Å². The molecule has 1 amide bonds. The van der Waals surface area contributed by atoms with E-state index in [2.05, 4.69) is 15.3 Å². The number of carbonyl (C=O) groups is 1. The van der Waals surface area contributed by atoms with Gasteiger partial charge in [0.15, 0.2) is 11.6 Å². The Bertz CT molecular complexity index is 1980. The molecule has 0 aliphatic carbocycles. The van der Waals surface area contributed by atoms with Crippen LogP contribution in [0.4, 0.5) is 10.3 Å². The van der Waals surface area contributed by atoms with Gasteiger partial charge in [0, 0.05) is 62.4 Å². The van der Waals surface area contributed by atoms with Crippen molar-refractivity contribution in [3.05, 3.63) is 130 Å². The molecule has 0 radical (unpaired) electrons. The van der Waals surface area contributed by atoms with Crippen molar-refractivity contribution < 1.29 is 18.7 Å². The zero-order valence-electron chi connectivity index (χ0n) is 25.7. The van der Waals surface area contributed by atoms with E-state index in [4.69, 9.17) is 9.47 Å². The van der Waals surface area contributed by atoms with Gasteiger partial charge in [-0.2, -0.15) is 0 Å². The van der Waals surface area contributed by atoms with Crippen LogP contribution >= 0.6 is 11.8 Å². The van der Waals surface area contributed by atoms with Crippen LogP contribution in [0.3, 0.4) is 0 Å². The fraction of sp³-hybridized carbons (Fsp3) is 0.222. The number of thioether (sulfide) groups is 1. The molecule has 1 fully saturated rings. The minimum Gasteiger partial charge on any atom is -0.453 e. The minimum atomic E-state index is -0.596. The number of anilines is 1. The molecule has 3 aromatic carbocycles. The number of aromatic nitrogens is 3. The van der Waals surface area contributed by atoms with Crippen LogP contribution in [0.15, 0.2) is 101 Å². The van der Waals surface area contributed by atoms with Crippen molar-refractivity contribution in [1.29, 1.82) is 0 Å². The van der Waals surface area contributed by atoms with Gasteiger partial charge in [-0.1, -0.05) is 48.5 Å². The lowest BCUT2D eigenvalue weighted by atomic mass is 10.0. The number of benzene rings is 3. The zero-order valence-corrected chi connectivity index (χ0v) is 26.5. The number of halogens is 1. The Morgan fingerprint density at radius 1 is 1.02 bits per heavy atom. The summed E-state index contributed by atoms with van der Waals surface area (Å²) in [6, 6.07) is 23.7. The molecule has 1 saturated heterocycles. The van der Waals surface area contributed by atoms with Crippen molar-refractivity contribution in [2.45, 2.75) is 23.1 Å². The monoisotopic (exact) mass is 649 g/mol. The predicted octanol–water partition coefficient (Wildman–Crippen LogP) is 6.25. The molecule has 11 heteroatoms. The molecule has 1 N–H and O–H groups in total. The maximum Gasteiger partial charge on any atom is 0.262 e. The highest BCUT2D eigenvalue weighted by Gasteiger charge is 2.29. The Morgan fingerprint density at radius 2 is 1.81 bits per heavy atom. The molecular weight excluding hydrogens is 617 g/mol. The average Bonchev–Trinajstić information content (AvgIpc) is 3.56. The summed E-state index contributed by atoms with van der Waals surface area (Å²) in [6.07, 6.45) is 3.81. The van der Waals surface area contributed by atoms with Crippen LogP contribution in [-0.2, 0) is 24.8 Å². The van der Waals surface area contributed by atoms with Crippen LogP contribution in [0.25, 0.3) is 11.1 Å². The maximum absolute atomic E-state index is 15.4. The highest BCUT2D eigenvalue weighted by Crippen LogP contribution is 2.50. The molecule has 4 heterocycles. The van der Waals surface area contributed by atoms with Crippen LogP contribution in [-0.4, -0.2) is 51.6 Å². The molecule has 2 aliphatic heterocycles. The number of pyridine rings is 1. The minimum absolute atomic E-state index is 0.0112. The second kappa shape index (κ2) is 13.4. The van der Waals surface area contributed by atoms with Gasteiger partial charge in [-0.3, -0.25) is 19.1 Å². The van der Waals surface area contributed by atoms with Gasteiger partial charge < -0.3 is 19.7 Å². The van der Waals surface area contributed by atoms with Gasteiger partial charge >= 0.3 is 0 Å². The fourth-order valence-corrected chi connectivity index (χ4v) is 7.03. The number of nitrogens with one attached hydrogen (secondary N) is 1. The lowest BCUT2D eigenvalue weighted by molar-refractivity contribution is 0.0303. The first-order chi connectivity index (χ1) is 22.9. The summed E-state index contributed by atoms with van der Waals surface area (Å²) in [4.78, 5) is 37.7. The molecule has 2 aromatic heterocycles. The Kier molecular flexibility index (Phi) is 8.73. The van der Waals surface area contributed by atoms with Crippen molar-refractivity contribution >= 4 is 23.6 Å². The normalized spacial score (nSPS) is 15.7. The summed E-state index contributed by atoms with van der Waals surface area (Å²) in [6.45, 7) is 2.84. The van der Waals surface area contributed by atoms with Gasteiger partial charge in [0.05, 0.1) is 29.4 Å². The number of nitrogens with zero attached hydrogens (tertiary/aromatic N) is 4. The maximum atomic E-state index is 15.4. The Balaban J connectivity index is 1.04. The molecule has 0 bridgehead atoms. The number of amides is 1. The number of ether oxygens (including phenoxy) is 2. The van der Waals surface area contributed by atoms with Gasteiger partial charge in [0.1, 0.15) is 5.75 Å². The highest BCUT2D eigenvalue weighted by molar-refractivity contribution is 8.00. The quantitative estimate of drug-likeness (QED) is 0.211. The van der Waals surface area contributed by atoms with Crippen LogP contribution in [0, 0.1) is 5.82 Å². The van der Waals surface area contributed by atoms with Crippen molar-refractivity contribution in [3.63, 3.8) is 0 Å². The number of rotatable bonds is 8. The third-order valence-corrected chi connectivity index (χ3v) is 9.73. The van der Waals surface area contributed by atoms with Crippen molar-refractivity contribution in [2.24, 2.45) is 7.05 Å². The number of morpholine rings is 1. The Labute approximate surface area is 275 Å². The van der Waals surface area contributed by atoms with Crippen LogP contribution < -0.4 is 15.6 Å². The zero-order chi connectivity index (χ0) is 32.3. The second-order valence-corrected chi connectivity index (χ2v) is 12.6. The first-order valence-corrected chi connectivity index (χ1v) is 16.3. The van der Waals surface area contributed by atoms with Gasteiger partial charge in [0.2, 0.25) is 5.95 Å². The highest BCUT2D eigenvalue weighted by atomic mass is 32.2. The van der Waals surface area contributed by atoms with Gasteiger partial charge in [-0.25, -0.2) is 9.37 Å². The van der Waals surface area contributed by atoms with E-state index in [0.717, 1.165) is 21.7 Å². The fourth-order valence-electron chi connectivity index (χ4n) is 5.71. The van der Waals surface area contributed by atoms with Crippen LogP contribution in [0.5, 0.6) is 11.5 Å². The SMILES string of the molecule is Cn1c(NCc2ccccc2)ncc(-c2ccc(Oc3ccnc4c3SC(c3ccc(C(=O)N5CCOCC5)cc3)C4)c(F)c2)c1=O. The smallest absolute Gasteiger partial charge is 0.262 e. The lowest BCUT2D eigenvalue weighted by Crippen LogP contribution is -2.40. The predicted molar refractivity (Wildman–Crippen MR) is 178 cm³/mol. The van der Waals surface area contributed by atoms with Gasteiger partial charge in [-0.05, 0) is 41.0 Å². The van der Waals surface area contributed by atoms with Crippen molar-refractivity contribution in [1.82, 2.24) is 19.4 Å². The average molecular weight is 650 g/mol.